The molecule has 0 aliphatic rings. The van der Waals surface area contributed by atoms with Crippen LogP contribution in [0.15, 0.2) is 36.9 Å². The number of nitrogens with one attached hydrogen (secondary N) is 1. The Hall–Kier alpha value is -4.61. The third-order valence-corrected chi connectivity index (χ3v) is 5.41. The van der Waals surface area contributed by atoms with Crippen molar-refractivity contribution in [2.24, 2.45) is 0 Å². The molecule has 0 aliphatic carbocycles. The van der Waals surface area contributed by atoms with Gasteiger partial charge >= 0.3 is 5.97 Å². The maximum Gasteiger partial charge on any atom is 0.328 e. The number of anilines is 2. The van der Waals surface area contributed by atoms with E-state index in [1.165, 1.54) is 0 Å². The summed E-state index contributed by atoms with van der Waals surface area (Å²) in [7, 11) is 4.65. The van der Waals surface area contributed by atoms with Crippen LogP contribution in [0, 0.1) is 0 Å². The van der Waals surface area contributed by atoms with E-state index in [9.17, 15) is 9.90 Å². The molecule has 4 aromatic rings. The highest BCUT2D eigenvalue weighted by atomic mass is 16.5. The number of carbonyl (C=O) groups is 1. The molecule has 0 unspecified atom stereocenters. The van der Waals surface area contributed by atoms with Gasteiger partial charge in [0, 0.05) is 29.8 Å². The van der Waals surface area contributed by atoms with Crippen molar-refractivity contribution in [3.63, 3.8) is 0 Å². The van der Waals surface area contributed by atoms with Gasteiger partial charge in [0.2, 0.25) is 5.75 Å². The lowest BCUT2D eigenvalue weighted by Crippen LogP contribution is -2.07. The van der Waals surface area contributed by atoms with Gasteiger partial charge in [0.1, 0.15) is 18.0 Å². The smallest absolute Gasteiger partial charge is 0.328 e. The number of hydrogen-bond acceptors (Lipinski definition) is 9. The van der Waals surface area contributed by atoms with E-state index in [2.05, 4.69) is 25.4 Å². The standard InChI is InChI=1S/C24H27N7O5/c1-13(2)31-24-16(10-26-31)23(28-22(29-24)14(3)7-20(32)33)27-19-11-30(12-25-19)15-8-17(34-4)21(36-6)18(9-15)35-5/h7-13H,1-6H3,(H,32,33)(H,27,28,29)/b14-7-. The van der Waals surface area contributed by atoms with E-state index in [1.807, 2.05) is 13.8 Å². The van der Waals surface area contributed by atoms with E-state index < -0.39 is 5.97 Å². The van der Waals surface area contributed by atoms with Gasteiger partial charge in [-0.05, 0) is 20.8 Å². The van der Waals surface area contributed by atoms with Crippen LogP contribution in [-0.2, 0) is 4.79 Å². The average Bonchev–Trinajstić information content (AvgIpc) is 3.50. The molecule has 12 nitrogen and oxygen atoms in total. The summed E-state index contributed by atoms with van der Waals surface area (Å²) >= 11 is 0. The van der Waals surface area contributed by atoms with Crippen molar-refractivity contribution in [1.82, 2.24) is 29.3 Å². The maximum absolute atomic E-state index is 11.2. The van der Waals surface area contributed by atoms with Crippen molar-refractivity contribution in [3.05, 3.63) is 42.8 Å². The summed E-state index contributed by atoms with van der Waals surface area (Å²) in [4.78, 5) is 24.8. The van der Waals surface area contributed by atoms with Crippen molar-refractivity contribution in [1.29, 1.82) is 0 Å². The lowest BCUT2D eigenvalue weighted by Gasteiger charge is -2.14. The molecule has 3 aromatic heterocycles. The van der Waals surface area contributed by atoms with Crippen molar-refractivity contribution in [2.45, 2.75) is 26.8 Å². The van der Waals surface area contributed by atoms with E-state index in [0.717, 1.165) is 11.8 Å². The van der Waals surface area contributed by atoms with Crippen LogP contribution in [0.4, 0.5) is 11.6 Å². The molecule has 0 saturated heterocycles. The number of aliphatic carboxylic acids is 1. The van der Waals surface area contributed by atoms with Gasteiger partial charge in [-0.1, -0.05) is 0 Å². The molecule has 0 fully saturated rings. The molecular formula is C24H27N7O5. The lowest BCUT2D eigenvalue weighted by molar-refractivity contribution is -0.131. The summed E-state index contributed by atoms with van der Waals surface area (Å²) in [5, 5.41) is 17.5. The summed E-state index contributed by atoms with van der Waals surface area (Å²) in [5.41, 5.74) is 1.73. The number of allylic oxidation sites excluding steroid dienone is 1. The number of hydrogen-bond donors (Lipinski definition) is 2. The molecule has 12 heteroatoms. The zero-order valence-corrected chi connectivity index (χ0v) is 20.8. The fraction of sp³-hybridized carbons (Fsp3) is 0.292. The SMILES string of the molecule is COc1cc(-n2cnc(Nc3nc(/C(C)=C\C(=O)O)nc4c3cnn4C(C)C)c2)cc(OC)c1OC. The highest BCUT2D eigenvalue weighted by Crippen LogP contribution is 2.39. The quantitative estimate of drug-likeness (QED) is 0.331. The van der Waals surface area contributed by atoms with Crippen molar-refractivity contribution in [3.8, 4) is 22.9 Å². The highest BCUT2D eigenvalue weighted by molar-refractivity contribution is 5.92. The fourth-order valence-electron chi connectivity index (χ4n) is 3.69. The van der Waals surface area contributed by atoms with Crippen molar-refractivity contribution in [2.75, 3.05) is 26.6 Å². The first-order valence-corrected chi connectivity index (χ1v) is 11.0. The molecule has 0 spiro atoms. The molecule has 1 aromatic carbocycles. The number of rotatable bonds is 9. The third kappa shape index (κ3) is 4.65. The number of benzene rings is 1. The number of aromatic nitrogens is 6. The third-order valence-electron chi connectivity index (χ3n) is 5.41. The Morgan fingerprint density at radius 3 is 2.39 bits per heavy atom. The fourth-order valence-corrected chi connectivity index (χ4v) is 3.69. The van der Waals surface area contributed by atoms with Crippen molar-refractivity contribution >= 4 is 34.2 Å². The number of ether oxygens (including phenoxy) is 3. The van der Waals surface area contributed by atoms with Crippen LogP contribution in [0.2, 0.25) is 0 Å². The molecule has 4 rings (SSSR count). The van der Waals surface area contributed by atoms with Gasteiger partial charge in [0.25, 0.3) is 0 Å². The summed E-state index contributed by atoms with van der Waals surface area (Å²) in [6, 6.07) is 3.65. The van der Waals surface area contributed by atoms with Gasteiger partial charge in [-0.2, -0.15) is 5.10 Å². The summed E-state index contributed by atoms with van der Waals surface area (Å²) in [6.45, 7) is 5.62. The van der Waals surface area contributed by atoms with Gasteiger partial charge in [-0.25, -0.2) is 24.4 Å². The zero-order chi connectivity index (χ0) is 26.0. The van der Waals surface area contributed by atoms with E-state index >= 15 is 0 Å². The van der Waals surface area contributed by atoms with Gasteiger partial charge < -0.3 is 29.2 Å². The Kier molecular flexibility index (Phi) is 6.77. The topological polar surface area (TPSA) is 138 Å². The van der Waals surface area contributed by atoms with E-state index in [1.54, 1.807) is 68.4 Å². The van der Waals surface area contributed by atoms with Gasteiger partial charge in [-0.15, -0.1) is 0 Å². The van der Waals surface area contributed by atoms with Gasteiger partial charge in [0.05, 0.1) is 44.8 Å². The predicted octanol–water partition coefficient (Wildman–Crippen LogP) is 3.85. The number of imidazole rings is 1. The predicted molar refractivity (Wildman–Crippen MR) is 133 cm³/mol. The minimum Gasteiger partial charge on any atom is -0.493 e. The largest absolute Gasteiger partial charge is 0.493 e. The van der Waals surface area contributed by atoms with Crippen LogP contribution >= 0.6 is 0 Å². The molecule has 0 radical (unpaired) electrons. The molecule has 36 heavy (non-hydrogen) atoms. The van der Waals surface area contributed by atoms with Crippen LogP contribution in [0.1, 0.15) is 32.6 Å². The minimum absolute atomic E-state index is 0.0427. The molecule has 188 valence electrons. The Morgan fingerprint density at radius 1 is 1.11 bits per heavy atom. The molecule has 0 atom stereocenters. The van der Waals surface area contributed by atoms with Gasteiger partial charge in [-0.3, -0.25) is 0 Å². The summed E-state index contributed by atoms with van der Waals surface area (Å²) in [5.74, 6) is 1.68. The van der Waals surface area contributed by atoms with Crippen LogP contribution in [0.3, 0.4) is 0 Å². The zero-order valence-electron chi connectivity index (χ0n) is 20.8. The Bertz CT molecular complexity index is 1430. The van der Waals surface area contributed by atoms with Crippen LogP contribution in [0.25, 0.3) is 22.3 Å². The Morgan fingerprint density at radius 2 is 1.81 bits per heavy atom. The first-order valence-electron chi connectivity index (χ1n) is 11.0. The first kappa shape index (κ1) is 24.5. The normalized spacial score (nSPS) is 11.7. The second kappa shape index (κ2) is 9.94. The number of fused-ring (bicyclic) bond motifs is 1. The van der Waals surface area contributed by atoms with E-state index in [4.69, 9.17) is 14.2 Å². The Labute approximate surface area is 207 Å². The molecule has 3 heterocycles. The molecule has 2 N–H and O–H groups in total. The van der Waals surface area contributed by atoms with Gasteiger partial charge in [0.15, 0.2) is 23.0 Å². The molecule has 0 aliphatic heterocycles. The summed E-state index contributed by atoms with van der Waals surface area (Å²) < 4.78 is 19.8. The molecule has 0 saturated carbocycles. The van der Waals surface area contributed by atoms with Crippen LogP contribution < -0.4 is 19.5 Å². The Balaban J connectivity index is 1.76. The van der Waals surface area contributed by atoms with E-state index in [-0.39, 0.29) is 11.9 Å². The number of carboxylic acid groups (broad SMARTS) is 1. The maximum atomic E-state index is 11.2. The van der Waals surface area contributed by atoms with Crippen LogP contribution in [0.5, 0.6) is 17.2 Å². The first-order chi connectivity index (χ1) is 17.2. The average molecular weight is 494 g/mol. The molecule has 0 bridgehead atoms. The second-order valence-corrected chi connectivity index (χ2v) is 8.16. The second-order valence-electron chi connectivity index (χ2n) is 8.16. The summed E-state index contributed by atoms with van der Waals surface area (Å²) in [6.07, 6.45) is 6.16. The van der Waals surface area contributed by atoms with Crippen molar-refractivity contribution < 1.29 is 24.1 Å². The van der Waals surface area contributed by atoms with Crippen LogP contribution in [-0.4, -0.2) is 61.7 Å². The highest BCUT2D eigenvalue weighted by Gasteiger charge is 2.18. The number of carboxylic acids is 1. The molecular weight excluding hydrogens is 466 g/mol. The monoisotopic (exact) mass is 493 g/mol. The lowest BCUT2D eigenvalue weighted by atomic mass is 10.2. The number of nitrogens with zero attached hydrogens (tertiary/aromatic N) is 6. The number of methoxy groups -OCH3 is 3. The van der Waals surface area contributed by atoms with E-state index in [0.29, 0.717) is 45.5 Å². The minimum atomic E-state index is -1.08. The molecule has 0 amide bonds.